The van der Waals surface area contributed by atoms with E-state index in [1.807, 2.05) is 0 Å². The quantitative estimate of drug-likeness (QED) is 0.492. The van der Waals surface area contributed by atoms with Crippen LogP contribution in [0, 0.1) is 0 Å². The van der Waals surface area contributed by atoms with Crippen molar-refractivity contribution >= 4 is 0 Å². The first kappa shape index (κ1) is 14.3. The van der Waals surface area contributed by atoms with Crippen molar-refractivity contribution in [2.45, 2.75) is 78.2 Å². The van der Waals surface area contributed by atoms with Gasteiger partial charge in [0, 0.05) is 18.9 Å². The summed E-state index contributed by atoms with van der Waals surface area (Å²) < 4.78 is 2.37. The van der Waals surface area contributed by atoms with E-state index in [4.69, 9.17) is 0 Å². The molecular weight excluding hydrogens is 206 g/mol. The van der Waals surface area contributed by atoms with Crippen molar-refractivity contribution in [2.24, 2.45) is 0 Å². The van der Waals surface area contributed by atoms with Crippen LogP contribution in [-0.4, -0.2) is 4.57 Å². The van der Waals surface area contributed by atoms with Gasteiger partial charge in [0.1, 0.15) is 0 Å². The van der Waals surface area contributed by atoms with Crippen LogP contribution >= 0.6 is 0 Å². The second-order valence-corrected chi connectivity index (χ2v) is 5.13. The van der Waals surface area contributed by atoms with E-state index in [9.17, 15) is 0 Å². The molecule has 1 rings (SSSR count). The molecule has 0 amide bonds. The summed E-state index contributed by atoms with van der Waals surface area (Å²) in [4.78, 5) is 0. The minimum atomic E-state index is 1.21. The molecule has 1 heteroatoms. The molecule has 0 N–H and O–H groups in total. The first-order chi connectivity index (χ1) is 8.36. The van der Waals surface area contributed by atoms with Crippen molar-refractivity contribution in [1.82, 2.24) is 4.57 Å². The lowest BCUT2D eigenvalue weighted by molar-refractivity contribution is 0.558. The molecule has 0 aliphatic heterocycles. The van der Waals surface area contributed by atoms with Gasteiger partial charge in [-0.25, -0.2) is 0 Å². The number of unbranched alkanes of at least 4 members (excludes halogenated alkanes) is 6. The van der Waals surface area contributed by atoms with E-state index in [2.05, 4.69) is 36.9 Å². The predicted octanol–water partition coefficient (Wildman–Crippen LogP) is 5.19. The monoisotopic (exact) mass is 235 g/mol. The second-order valence-electron chi connectivity index (χ2n) is 5.13. The molecule has 0 atom stereocenters. The highest BCUT2D eigenvalue weighted by Crippen LogP contribution is 2.09. The standard InChI is InChI=1S/C16H29N/c1-3-5-7-8-9-10-13-17-14-12-16(15-17)11-6-4-2/h12,14-15H,3-11,13H2,1-2H3. The van der Waals surface area contributed by atoms with E-state index in [-0.39, 0.29) is 0 Å². The largest absolute Gasteiger partial charge is 0.354 e. The topological polar surface area (TPSA) is 4.93 Å². The van der Waals surface area contributed by atoms with Gasteiger partial charge in [0.15, 0.2) is 0 Å². The summed E-state index contributed by atoms with van der Waals surface area (Å²) in [6.07, 6.45) is 16.8. The van der Waals surface area contributed by atoms with Crippen LogP contribution in [0.25, 0.3) is 0 Å². The minimum absolute atomic E-state index is 1.21. The summed E-state index contributed by atoms with van der Waals surface area (Å²) in [5.74, 6) is 0. The predicted molar refractivity (Wildman–Crippen MR) is 76.4 cm³/mol. The van der Waals surface area contributed by atoms with E-state index >= 15 is 0 Å². The highest BCUT2D eigenvalue weighted by molar-refractivity contribution is 5.10. The molecule has 1 aromatic rings. The van der Waals surface area contributed by atoms with E-state index in [1.165, 1.54) is 69.9 Å². The van der Waals surface area contributed by atoms with Crippen LogP contribution in [0.4, 0.5) is 0 Å². The molecule has 0 spiro atoms. The van der Waals surface area contributed by atoms with Gasteiger partial charge in [-0.3, -0.25) is 0 Å². The van der Waals surface area contributed by atoms with Gasteiger partial charge in [0.25, 0.3) is 0 Å². The van der Waals surface area contributed by atoms with Gasteiger partial charge in [-0.15, -0.1) is 0 Å². The third kappa shape index (κ3) is 6.55. The lowest BCUT2D eigenvalue weighted by Gasteiger charge is -2.03. The van der Waals surface area contributed by atoms with Gasteiger partial charge in [-0.1, -0.05) is 52.4 Å². The van der Waals surface area contributed by atoms with Crippen LogP contribution < -0.4 is 0 Å². The molecule has 0 bridgehead atoms. The molecule has 0 saturated carbocycles. The van der Waals surface area contributed by atoms with Crippen LogP contribution in [0.15, 0.2) is 18.5 Å². The summed E-state index contributed by atoms with van der Waals surface area (Å²) in [6, 6.07) is 2.28. The molecule has 1 nitrogen and oxygen atoms in total. The zero-order valence-corrected chi connectivity index (χ0v) is 11.8. The van der Waals surface area contributed by atoms with Crippen molar-refractivity contribution in [3.63, 3.8) is 0 Å². The van der Waals surface area contributed by atoms with Crippen LogP contribution in [-0.2, 0) is 13.0 Å². The fourth-order valence-electron chi connectivity index (χ4n) is 2.23. The smallest absolute Gasteiger partial charge is 0.0219 e. The van der Waals surface area contributed by atoms with Crippen LogP contribution in [0.5, 0.6) is 0 Å². The molecule has 98 valence electrons. The number of rotatable bonds is 10. The lowest BCUT2D eigenvalue weighted by Crippen LogP contribution is -1.94. The van der Waals surface area contributed by atoms with Crippen LogP contribution in [0.3, 0.4) is 0 Å². The number of aryl methyl sites for hydroxylation is 2. The Kier molecular flexibility index (Phi) is 7.87. The molecule has 17 heavy (non-hydrogen) atoms. The highest BCUT2D eigenvalue weighted by Gasteiger charge is 1.96. The Labute approximate surface area is 107 Å². The molecule has 0 radical (unpaired) electrons. The van der Waals surface area contributed by atoms with Gasteiger partial charge >= 0.3 is 0 Å². The summed E-state index contributed by atoms with van der Waals surface area (Å²) in [5.41, 5.74) is 1.51. The molecular formula is C16H29N. The van der Waals surface area contributed by atoms with Crippen molar-refractivity contribution in [3.05, 3.63) is 24.0 Å². The summed E-state index contributed by atoms with van der Waals surface area (Å²) in [6.45, 7) is 5.74. The average Bonchev–Trinajstić information content (AvgIpc) is 2.79. The van der Waals surface area contributed by atoms with Crippen LogP contribution in [0.2, 0.25) is 0 Å². The van der Waals surface area contributed by atoms with E-state index in [1.54, 1.807) is 0 Å². The fraction of sp³-hybridized carbons (Fsp3) is 0.750. The number of nitrogens with zero attached hydrogens (tertiary/aromatic N) is 1. The lowest BCUT2D eigenvalue weighted by atomic mass is 10.1. The van der Waals surface area contributed by atoms with E-state index < -0.39 is 0 Å². The zero-order chi connectivity index (χ0) is 12.3. The Balaban J connectivity index is 2.08. The van der Waals surface area contributed by atoms with Crippen molar-refractivity contribution in [2.75, 3.05) is 0 Å². The van der Waals surface area contributed by atoms with Crippen molar-refractivity contribution < 1.29 is 0 Å². The summed E-state index contributed by atoms with van der Waals surface area (Å²) in [7, 11) is 0. The van der Waals surface area contributed by atoms with Crippen LogP contribution in [0.1, 0.15) is 70.8 Å². The number of aromatic nitrogens is 1. The SMILES string of the molecule is CCCCCCCCn1ccc(CCCC)c1. The maximum Gasteiger partial charge on any atom is 0.0219 e. The number of hydrogen-bond acceptors (Lipinski definition) is 0. The average molecular weight is 235 g/mol. The van der Waals surface area contributed by atoms with Crippen molar-refractivity contribution in [1.29, 1.82) is 0 Å². The summed E-state index contributed by atoms with van der Waals surface area (Å²) >= 11 is 0. The number of hydrogen-bond donors (Lipinski definition) is 0. The maximum atomic E-state index is 2.37. The molecule has 0 aromatic carbocycles. The minimum Gasteiger partial charge on any atom is -0.354 e. The highest BCUT2D eigenvalue weighted by atomic mass is 14.9. The first-order valence-electron chi connectivity index (χ1n) is 7.51. The molecule has 0 unspecified atom stereocenters. The molecule has 0 aliphatic carbocycles. The Morgan fingerprint density at radius 1 is 0.882 bits per heavy atom. The third-order valence-corrected chi connectivity index (χ3v) is 3.40. The zero-order valence-electron chi connectivity index (χ0n) is 11.8. The summed E-state index contributed by atoms with van der Waals surface area (Å²) in [5, 5.41) is 0. The molecule has 0 aliphatic rings. The Hall–Kier alpha value is -0.720. The first-order valence-corrected chi connectivity index (χ1v) is 7.51. The van der Waals surface area contributed by atoms with E-state index in [0.29, 0.717) is 0 Å². The Morgan fingerprint density at radius 3 is 2.35 bits per heavy atom. The normalized spacial score (nSPS) is 10.9. The molecule has 1 heterocycles. The molecule has 0 saturated heterocycles. The molecule has 0 fully saturated rings. The molecule has 1 aromatic heterocycles. The van der Waals surface area contributed by atoms with Gasteiger partial charge in [0.05, 0.1) is 0 Å². The Bertz CT molecular complexity index is 275. The van der Waals surface area contributed by atoms with E-state index in [0.717, 1.165) is 0 Å². The van der Waals surface area contributed by atoms with Gasteiger partial charge in [0.2, 0.25) is 0 Å². The Morgan fingerprint density at radius 2 is 1.59 bits per heavy atom. The second kappa shape index (κ2) is 9.32. The van der Waals surface area contributed by atoms with Gasteiger partial charge < -0.3 is 4.57 Å². The third-order valence-electron chi connectivity index (χ3n) is 3.40. The van der Waals surface area contributed by atoms with Gasteiger partial charge in [-0.05, 0) is 30.9 Å². The fourth-order valence-corrected chi connectivity index (χ4v) is 2.23. The van der Waals surface area contributed by atoms with Crippen molar-refractivity contribution in [3.8, 4) is 0 Å². The maximum absolute atomic E-state index is 2.37. The van der Waals surface area contributed by atoms with Gasteiger partial charge in [-0.2, -0.15) is 0 Å².